The smallest absolute Gasteiger partial charge is 0.244 e. The third kappa shape index (κ3) is 5.93. The Labute approximate surface area is 158 Å². The van der Waals surface area contributed by atoms with Crippen LogP contribution in [0.25, 0.3) is 0 Å². The van der Waals surface area contributed by atoms with E-state index >= 15 is 0 Å². The summed E-state index contributed by atoms with van der Waals surface area (Å²) >= 11 is 2.45. The summed E-state index contributed by atoms with van der Waals surface area (Å²) in [4.78, 5) is 12.1. The number of carbonyl (C=O) groups excluding carboxylic acids is 1. The molecule has 1 amide bonds. The number of hydrazone groups is 1. The summed E-state index contributed by atoms with van der Waals surface area (Å²) in [6, 6.07) is 0. The second-order valence-electron chi connectivity index (χ2n) is 6.65. The lowest BCUT2D eigenvalue weighted by molar-refractivity contribution is -0.125. The van der Waals surface area contributed by atoms with Crippen molar-refractivity contribution in [1.82, 2.24) is 10.7 Å². The Morgan fingerprint density at radius 3 is 2.96 bits per heavy atom. The molecule has 0 aromatic rings. The van der Waals surface area contributed by atoms with Crippen molar-refractivity contribution < 1.29 is 14.3 Å². The lowest BCUT2D eigenvalue weighted by Crippen LogP contribution is -2.45. The van der Waals surface area contributed by atoms with E-state index in [9.17, 15) is 4.79 Å². The average Bonchev–Trinajstić information content (AvgIpc) is 2.61. The summed E-state index contributed by atoms with van der Waals surface area (Å²) in [5.74, 6) is 0.369. The second-order valence-corrected chi connectivity index (χ2v) is 8.25. The summed E-state index contributed by atoms with van der Waals surface area (Å²) in [5.41, 5.74) is 2.71. The highest BCUT2D eigenvalue weighted by molar-refractivity contribution is 14.1. The maximum Gasteiger partial charge on any atom is 0.244 e. The third-order valence-corrected chi connectivity index (χ3v) is 5.95. The molecular formula is C17H30IN3O3. The first-order valence-electron chi connectivity index (χ1n) is 8.97. The first-order chi connectivity index (χ1) is 11.7. The molecule has 2 rings (SSSR count). The van der Waals surface area contributed by atoms with E-state index in [0.29, 0.717) is 9.84 Å². The van der Waals surface area contributed by atoms with Crippen molar-refractivity contribution in [3.63, 3.8) is 0 Å². The Kier molecular flexibility index (Phi) is 8.93. The van der Waals surface area contributed by atoms with Gasteiger partial charge in [0.25, 0.3) is 0 Å². The van der Waals surface area contributed by atoms with E-state index in [2.05, 4.69) is 45.4 Å². The number of hydrogen-bond acceptors (Lipinski definition) is 5. The fourth-order valence-electron chi connectivity index (χ4n) is 3.38. The predicted octanol–water partition coefficient (Wildman–Crippen LogP) is 2.11. The molecule has 24 heavy (non-hydrogen) atoms. The number of ether oxygens (including phenoxy) is 2. The average molecular weight is 451 g/mol. The highest BCUT2D eigenvalue weighted by Crippen LogP contribution is 2.32. The van der Waals surface area contributed by atoms with Crippen LogP contribution in [0.5, 0.6) is 0 Å². The van der Waals surface area contributed by atoms with Crippen LogP contribution in [0.3, 0.4) is 0 Å². The monoisotopic (exact) mass is 451 g/mol. The van der Waals surface area contributed by atoms with Gasteiger partial charge >= 0.3 is 0 Å². The number of piperidine rings is 1. The lowest BCUT2D eigenvalue weighted by Gasteiger charge is -2.37. The Morgan fingerprint density at radius 2 is 2.29 bits per heavy atom. The van der Waals surface area contributed by atoms with E-state index in [4.69, 9.17) is 9.47 Å². The van der Waals surface area contributed by atoms with Crippen LogP contribution in [-0.4, -0.2) is 55.1 Å². The van der Waals surface area contributed by atoms with E-state index in [1.165, 1.54) is 0 Å². The van der Waals surface area contributed by atoms with Crippen molar-refractivity contribution in [3.05, 3.63) is 0 Å². The molecule has 1 aliphatic carbocycles. The molecule has 2 fully saturated rings. The number of alkyl halides is 1. The zero-order valence-corrected chi connectivity index (χ0v) is 16.8. The Balaban J connectivity index is 1.80. The summed E-state index contributed by atoms with van der Waals surface area (Å²) in [6.45, 7) is 4.65. The molecule has 0 aromatic carbocycles. The standard InChI is InChI=1S/C17H30IN3O3/c1-3-7-24-16-14(18)8-12(9-15(16)23-2)10-20-21-17(22)13-5-4-6-19-11-13/h10,12-16,19H,3-9,11H2,1-2H3,(H,21,22)/b20-10+. The minimum atomic E-state index is 0.0210. The second kappa shape index (κ2) is 10.7. The predicted molar refractivity (Wildman–Crippen MR) is 104 cm³/mol. The van der Waals surface area contributed by atoms with Crippen LogP contribution in [0.1, 0.15) is 39.0 Å². The minimum absolute atomic E-state index is 0.0210. The van der Waals surface area contributed by atoms with Gasteiger partial charge < -0.3 is 14.8 Å². The van der Waals surface area contributed by atoms with Gasteiger partial charge in [-0.1, -0.05) is 29.5 Å². The molecule has 6 nitrogen and oxygen atoms in total. The van der Waals surface area contributed by atoms with Gasteiger partial charge in [-0.15, -0.1) is 0 Å². The van der Waals surface area contributed by atoms with Gasteiger partial charge in [0.1, 0.15) is 0 Å². The molecule has 1 saturated carbocycles. The first kappa shape index (κ1) is 20.1. The molecule has 0 aromatic heterocycles. The third-order valence-electron chi connectivity index (χ3n) is 4.73. The van der Waals surface area contributed by atoms with Crippen LogP contribution in [-0.2, 0) is 14.3 Å². The van der Waals surface area contributed by atoms with E-state index < -0.39 is 0 Å². The van der Waals surface area contributed by atoms with Crippen molar-refractivity contribution in [2.45, 2.75) is 55.2 Å². The Morgan fingerprint density at radius 1 is 1.46 bits per heavy atom. The SMILES string of the molecule is CCCOC1C(I)CC(/C=N/NC(=O)C2CCCNC2)CC1OC. The molecule has 0 spiro atoms. The number of amides is 1. The van der Waals surface area contributed by atoms with Gasteiger partial charge in [0, 0.05) is 30.4 Å². The molecule has 2 N–H and O–H groups in total. The van der Waals surface area contributed by atoms with Crippen molar-refractivity contribution in [1.29, 1.82) is 0 Å². The molecule has 5 unspecified atom stereocenters. The topological polar surface area (TPSA) is 72.0 Å². The van der Waals surface area contributed by atoms with Crippen LogP contribution >= 0.6 is 22.6 Å². The number of carbonyl (C=O) groups is 1. The number of halogens is 1. The molecule has 1 heterocycles. The van der Waals surface area contributed by atoms with Crippen LogP contribution in [0, 0.1) is 11.8 Å². The number of methoxy groups -OCH3 is 1. The summed E-state index contributed by atoms with van der Waals surface area (Å²) in [5, 5.41) is 7.46. The fraction of sp³-hybridized carbons (Fsp3) is 0.882. The zero-order valence-electron chi connectivity index (χ0n) is 14.7. The molecule has 1 saturated heterocycles. The van der Waals surface area contributed by atoms with Gasteiger partial charge in [0.2, 0.25) is 5.91 Å². The van der Waals surface area contributed by atoms with Crippen molar-refractivity contribution in [2.75, 3.05) is 26.8 Å². The van der Waals surface area contributed by atoms with Crippen molar-refractivity contribution in [2.24, 2.45) is 16.9 Å². The molecular weight excluding hydrogens is 421 g/mol. The number of hydrogen-bond donors (Lipinski definition) is 2. The number of nitrogens with one attached hydrogen (secondary N) is 2. The van der Waals surface area contributed by atoms with E-state index in [-0.39, 0.29) is 24.0 Å². The van der Waals surface area contributed by atoms with Crippen LogP contribution in [0.15, 0.2) is 5.10 Å². The largest absolute Gasteiger partial charge is 0.379 e. The quantitative estimate of drug-likeness (QED) is 0.269. The molecule has 0 bridgehead atoms. The van der Waals surface area contributed by atoms with E-state index in [1.807, 2.05) is 6.21 Å². The fourth-order valence-corrected chi connectivity index (χ4v) is 4.70. The maximum absolute atomic E-state index is 12.1. The number of nitrogens with zero attached hydrogens (tertiary/aromatic N) is 1. The van der Waals surface area contributed by atoms with Crippen LogP contribution in [0.4, 0.5) is 0 Å². The Hall–Kier alpha value is -0.250. The maximum atomic E-state index is 12.1. The van der Waals surface area contributed by atoms with Gasteiger partial charge in [0.15, 0.2) is 0 Å². The Bertz CT molecular complexity index is 416. The van der Waals surface area contributed by atoms with Crippen molar-refractivity contribution >= 4 is 34.7 Å². The van der Waals surface area contributed by atoms with Gasteiger partial charge in [0.05, 0.1) is 18.1 Å². The highest BCUT2D eigenvalue weighted by Gasteiger charge is 2.37. The van der Waals surface area contributed by atoms with Crippen LogP contribution in [0.2, 0.25) is 0 Å². The van der Waals surface area contributed by atoms with Gasteiger partial charge in [-0.2, -0.15) is 5.10 Å². The van der Waals surface area contributed by atoms with Gasteiger partial charge in [-0.3, -0.25) is 4.79 Å². The molecule has 5 atom stereocenters. The first-order valence-corrected chi connectivity index (χ1v) is 10.2. The summed E-state index contributed by atoms with van der Waals surface area (Å²) in [7, 11) is 1.74. The normalized spacial score (nSPS) is 34.4. The van der Waals surface area contributed by atoms with E-state index in [0.717, 1.165) is 51.8 Å². The zero-order chi connectivity index (χ0) is 17.4. The summed E-state index contributed by atoms with van der Waals surface area (Å²) < 4.78 is 12.0. The van der Waals surface area contributed by atoms with Gasteiger partial charge in [-0.05, 0) is 44.6 Å². The van der Waals surface area contributed by atoms with Crippen molar-refractivity contribution in [3.8, 4) is 0 Å². The molecule has 2 aliphatic rings. The minimum Gasteiger partial charge on any atom is -0.379 e. The van der Waals surface area contributed by atoms with Gasteiger partial charge in [-0.25, -0.2) is 5.43 Å². The molecule has 1 aliphatic heterocycles. The molecule has 138 valence electrons. The lowest BCUT2D eigenvalue weighted by atomic mass is 9.86. The summed E-state index contributed by atoms with van der Waals surface area (Å²) in [6.07, 6.45) is 7.00. The van der Waals surface area contributed by atoms with Crippen LogP contribution < -0.4 is 10.7 Å². The molecule has 0 radical (unpaired) electrons. The van der Waals surface area contributed by atoms with E-state index in [1.54, 1.807) is 7.11 Å². The molecule has 7 heteroatoms. The highest BCUT2D eigenvalue weighted by atomic mass is 127. The number of rotatable bonds is 7.